The first-order chi connectivity index (χ1) is 8.13. The Labute approximate surface area is 115 Å². The first-order valence-corrected chi connectivity index (χ1v) is 7.10. The molecule has 0 bridgehead atoms. The number of carbonyl (C=O) groups is 1. The second kappa shape index (κ2) is 5.38. The Morgan fingerprint density at radius 2 is 2.06 bits per heavy atom. The van der Waals surface area contributed by atoms with E-state index in [1.54, 1.807) is 17.0 Å². The zero-order valence-electron chi connectivity index (χ0n) is 9.35. The van der Waals surface area contributed by atoms with Crippen LogP contribution in [0.2, 0.25) is 5.02 Å². The normalized spacial score (nSPS) is 20.1. The lowest BCUT2D eigenvalue weighted by atomic mass is 10.2. The van der Waals surface area contributed by atoms with E-state index in [1.807, 2.05) is 12.1 Å². The van der Waals surface area contributed by atoms with Crippen LogP contribution in [0, 0.1) is 0 Å². The third-order valence-corrected chi connectivity index (χ3v) is 4.39. The number of benzene rings is 1. The van der Waals surface area contributed by atoms with Crippen LogP contribution in [-0.4, -0.2) is 15.5 Å². The average molecular weight is 286 g/mol. The molecule has 1 aromatic carbocycles. The summed E-state index contributed by atoms with van der Waals surface area (Å²) < 4.78 is 0.635. The third kappa shape index (κ3) is 2.64. The third-order valence-electron chi connectivity index (χ3n) is 2.56. The van der Waals surface area contributed by atoms with Gasteiger partial charge in [-0.3, -0.25) is 9.69 Å². The summed E-state index contributed by atoms with van der Waals surface area (Å²) in [5.41, 5.74) is 0.801. The maximum atomic E-state index is 12.2. The fraction of sp³-hybridized carbons (Fsp3) is 0.333. The van der Waals surface area contributed by atoms with Gasteiger partial charge < -0.3 is 0 Å². The summed E-state index contributed by atoms with van der Waals surface area (Å²) in [6.07, 6.45) is 1.86. The molecule has 90 valence electrons. The Kier molecular flexibility index (Phi) is 4.07. The van der Waals surface area contributed by atoms with E-state index in [0.717, 1.165) is 18.5 Å². The molecule has 0 saturated carbocycles. The van der Waals surface area contributed by atoms with Gasteiger partial charge in [0.2, 0.25) is 5.91 Å². The number of carbonyl (C=O) groups excluding carboxylic acids is 1. The maximum Gasteiger partial charge on any atom is 0.246 e. The van der Waals surface area contributed by atoms with E-state index < -0.39 is 0 Å². The van der Waals surface area contributed by atoms with Gasteiger partial charge in [0.05, 0.1) is 10.9 Å². The Morgan fingerprint density at radius 1 is 1.41 bits per heavy atom. The number of nitrogens with zero attached hydrogens (tertiary/aromatic N) is 1. The first kappa shape index (κ1) is 12.9. The molecule has 0 spiro atoms. The van der Waals surface area contributed by atoms with E-state index in [9.17, 15) is 4.79 Å². The number of amides is 1. The Hall–Kier alpha value is -0.580. The van der Waals surface area contributed by atoms with Crippen molar-refractivity contribution in [1.82, 2.24) is 0 Å². The summed E-state index contributed by atoms with van der Waals surface area (Å²) in [5.74, 6) is 0.0872. The van der Waals surface area contributed by atoms with E-state index in [2.05, 4.69) is 6.92 Å². The molecular formula is C12H12ClNOS2. The van der Waals surface area contributed by atoms with Crippen molar-refractivity contribution in [3.8, 4) is 0 Å². The monoisotopic (exact) mass is 285 g/mol. The predicted octanol–water partition coefficient (Wildman–Crippen LogP) is 3.87. The first-order valence-electron chi connectivity index (χ1n) is 5.43. The Balaban J connectivity index is 2.24. The molecule has 0 radical (unpaired) electrons. The second-order valence-corrected chi connectivity index (χ2v) is 6.08. The lowest BCUT2D eigenvalue weighted by molar-refractivity contribution is -0.117. The van der Waals surface area contributed by atoms with Crippen LogP contribution in [0.1, 0.15) is 19.8 Å². The van der Waals surface area contributed by atoms with Gasteiger partial charge in [0.15, 0.2) is 0 Å². The largest absolute Gasteiger partial charge is 0.273 e. The van der Waals surface area contributed by atoms with Gasteiger partial charge in [-0.05, 0) is 30.7 Å². The Bertz CT molecular complexity index is 446. The van der Waals surface area contributed by atoms with Crippen molar-refractivity contribution >= 4 is 51.5 Å². The standard InChI is InChI=1S/C12H12ClNOS2/c1-2-3-10-11(15)14(12(16)17-10)9-6-4-8(13)5-7-9/h4-7,10H,2-3H2,1H3/t10-/m1/s1. The highest BCUT2D eigenvalue weighted by Crippen LogP contribution is 2.34. The SMILES string of the molecule is CCC[C@H]1SC(=S)N(c2ccc(Cl)cc2)C1=O. The van der Waals surface area contributed by atoms with Gasteiger partial charge in [-0.15, -0.1) is 0 Å². The average Bonchev–Trinajstić information content (AvgIpc) is 2.57. The highest BCUT2D eigenvalue weighted by molar-refractivity contribution is 8.25. The molecular weight excluding hydrogens is 274 g/mol. The number of halogens is 1. The molecule has 0 aliphatic carbocycles. The lowest BCUT2D eigenvalue weighted by Gasteiger charge is -2.15. The molecule has 0 aromatic heterocycles. The van der Waals surface area contributed by atoms with Gasteiger partial charge in [0.25, 0.3) is 0 Å². The van der Waals surface area contributed by atoms with Crippen molar-refractivity contribution in [2.75, 3.05) is 4.90 Å². The van der Waals surface area contributed by atoms with Crippen LogP contribution < -0.4 is 4.90 Å². The van der Waals surface area contributed by atoms with Crippen LogP contribution in [0.5, 0.6) is 0 Å². The molecule has 5 heteroatoms. The molecule has 1 atom stereocenters. The minimum absolute atomic E-state index is 0.0248. The second-order valence-electron chi connectivity index (χ2n) is 3.81. The highest BCUT2D eigenvalue weighted by atomic mass is 35.5. The number of hydrogen-bond acceptors (Lipinski definition) is 3. The quantitative estimate of drug-likeness (QED) is 0.786. The number of rotatable bonds is 3. The van der Waals surface area contributed by atoms with E-state index in [1.165, 1.54) is 11.8 Å². The van der Waals surface area contributed by atoms with Gasteiger partial charge in [-0.25, -0.2) is 0 Å². The predicted molar refractivity (Wildman–Crippen MR) is 77.8 cm³/mol. The molecule has 17 heavy (non-hydrogen) atoms. The van der Waals surface area contributed by atoms with E-state index in [0.29, 0.717) is 9.34 Å². The van der Waals surface area contributed by atoms with Gasteiger partial charge in [-0.1, -0.05) is 48.9 Å². The number of anilines is 1. The van der Waals surface area contributed by atoms with Gasteiger partial charge >= 0.3 is 0 Å². The molecule has 1 heterocycles. The molecule has 1 aliphatic heterocycles. The molecule has 2 nitrogen and oxygen atoms in total. The van der Waals surface area contributed by atoms with E-state index in [4.69, 9.17) is 23.8 Å². The molecule has 1 saturated heterocycles. The fourth-order valence-corrected chi connectivity index (χ4v) is 3.50. The van der Waals surface area contributed by atoms with Crippen LogP contribution in [0.15, 0.2) is 24.3 Å². The number of thioether (sulfide) groups is 1. The summed E-state index contributed by atoms with van der Waals surface area (Å²) in [6.45, 7) is 2.07. The summed E-state index contributed by atoms with van der Waals surface area (Å²) in [6, 6.07) is 7.18. The van der Waals surface area contributed by atoms with E-state index >= 15 is 0 Å². The molecule has 1 fully saturated rings. The van der Waals surface area contributed by atoms with Crippen LogP contribution in [0.3, 0.4) is 0 Å². The van der Waals surface area contributed by atoms with Crippen molar-refractivity contribution < 1.29 is 4.79 Å². The zero-order valence-corrected chi connectivity index (χ0v) is 11.7. The highest BCUT2D eigenvalue weighted by Gasteiger charge is 2.36. The smallest absolute Gasteiger partial charge is 0.246 e. The van der Waals surface area contributed by atoms with Crippen LogP contribution in [-0.2, 0) is 4.79 Å². The molecule has 0 unspecified atom stereocenters. The van der Waals surface area contributed by atoms with Crippen molar-refractivity contribution in [3.63, 3.8) is 0 Å². The summed E-state index contributed by atoms with van der Waals surface area (Å²) in [5, 5.41) is 0.632. The molecule has 0 N–H and O–H groups in total. The van der Waals surface area contributed by atoms with Gasteiger partial charge in [0.1, 0.15) is 4.32 Å². The van der Waals surface area contributed by atoms with Gasteiger partial charge in [-0.2, -0.15) is 0 Å². The Morgan fingerprint density at radius 3 is 2.65 bits per heavy atom. The minimum Gasteiger partial charge on any atom is -0.273 e. The van der Waals surface area contributed by atoms with Crippen molar-refractivity contribution in [3.05, 3.63) is 29.3 Å². The minimum atomic E-state index is -0.0248. The van der Waals surface area contributed by atoms with Crippen LogP contribution >= 0.6 is 35.6 Å². The number of hydrogen-bond donors (Lipinski definition) is 0. The molecule has 1 aliphatic rings. The summed E-state index contributed by atoms with van der Waals surface area (Å²) >= 11 is 12.6. The molecule has 2 rings (SSSR count). The summed E-state index contributed by atoms with van der Waals surface area (Å²) in [7, 11) is 0. The van der Waals surface area contributed by atoms with Crippen molar-refractivity contribution in [2.24, 2.45) is 0 Å². The molecule has 1 aromatic rings. The van der Waals surface area contributed by atoms with Gasteiger partial charge in [0, 0.05) is 5.02 Å². The zero-order chi connectivity index (χ0) is 12.4. The number of thiocarbonyl (C=S) groups is 1. The van der Waals surface area contributed by atoms with Crippen LogP contribution in [0.25, 0.3) is 0 Å². The fourth-order valence-electron chi connectivity index (χ4n) is 1.73. The van der Waals surface area contributed by atoms with Crippen molar-refractivity contribution in [1.29, 1.82) is 0 Å². The molecule has 1 amide bonds. The maximum absolute atomic E-state index is 12.2. The lowest BCUT2D eigenvalue weighted by Crippen LogP contribution is -2.31. The topological polar surface area (TPSA) is 20.3 Å². The summed E-state index contributed by atoms with van der Waals surface area (Å²) in [4.78, 5) is 13.8. The van der Waals surface area contributed by atoms with Crippen molar-refractivity contribution in [2.45, 2.75) is 25.0 Å². The van der Waals surface area contributed by atoms with Crippen LogP contribution in [0.4, 0.5) is 5.69 Å². The van der Waals surface area contributed by atoms with E-state index in [-0.39, 0.29) is 11.2 Å².